The van der Waals surface area contributed by atoms with E-state index < -0.39 is 0 Å². The molecule has 0 spiro atoms. The first-order valence-electron chi connectivity index (χ1n) is 9.89. The number of carbonyl (C=O) groups is 1. The van der Waals surface area contributed by atoms with E-state index in [1.165, 1.54) is 44.9 Å². The maximum absolute atomic E-state index is 12.1. The third-order valence-electron chi connectivity index (χ3n) is 5.77. The molecule has 3 rings (SSSR count). The summed E-state index contributed by atoms with van der Waals surface area (Å²) in [7, 11) is 0. The number of hydrogen-bond donors (Lipinski definition) is 0. The van der Waals surface area contributed by atoms with Crippen LogP contribution in [0.5, 0.6) is 0 Å². The second-order valence-electron chi connectivity index (χ2n) is 7.72. The van der Waals surface area contributed by atoms with Gasteiger partial charge in [0.1, 0.15) is 0 Å². The van der Waals surface area contributed by atoms with Crippen molar-refractivity contribution in [1.29, 1.82) is 0 Å². The monoisotopic (exact) mass is 363 g/mol. The number of halogens is 1. The van der Waals surface area contributed by atoms with Crippen LogP contribution in [0.2, 0.25) is 5.02 Å². The van der Waals surface area contributed by atoms with Gasteiger partial charge >= 0.3 is 5.97 Å². The Morgan fingerprint density at radius 2 is 1.56 bits per heavy atom. The lowest BCUT2D eigenvalue weighted by Crippen LogP contribution is -2.36. The molecule has 0 radical (unpaired) electrons. The molecular formula is C21H30ClNO2. The number of benzene rings is 1. The standard InChI is InChI=1S/C21H30ClNO2/c22-20-10-8-19(9-11-20)16-21(24)25-23-14-12-18(13-15-23)7-6-17-4-2-1-3-5-17/h8-11,17-18H,1-7,12-16H2. The number of carbonyl (C=O) groups excluding carboxylic acids is 1. The fourth-order valence-corrected chi connectivity index (χ4v) is 4.31. The lowest BCUT2D eigenvalue weighted by molar-refractivity contribution is -0.196. The predicted octanol–water partition coefficient (Wildman–Crippen LogP) is 5.41. The Balaban J connectivity index is 1.33. The first-order valence-corrected chi connectivity index (χ1v) is 10.3. The van der Waals surface area contributed by atoms with Crippen LogP contribution in [-0.4, -0.2) is 24.1 Å². The van der Waals surface area contributed by atoms with E-state index in [2.05, 4.69) is 0 Å². The highest BCUT2D eigenvalue weighted by atomic mass is 35.5. The number of rotatable bonds is 6. The van der Waals surface area contributed by atoms with Gasteiger partial charge in [-0.05, 0) is 42.4 Å². The van der Waals surface area contributed by atoms with Crippen molar-refractivity contribution >= 4 is 17.6 Å². The minimum atomic E-state index is -0.178. The zero-order chi connectivity index (χ0) is 17.5. The highest BCUT2D eigenvalue weighted by Crippen LogP contribution is 2.31. The summed E-state index contributed by atoms with van der Waals surface area (Å²) in [6.45, 7) is 1.75. The molecule has 2 aliphatic rings. The average Bonchev–Trinajstić information content (AvgIpc) is 2.64. The summed E-state index contributed by atoms with van der Waals surface area (Å²) in [5.41, 5.74) is 0.941. The van der Waals surface area contributed by atoms with Crippen molar-refractivity contribution in [1.82, 2.24) is 5.06 Å². The normalized spacial score (nSPS) is 20.5. The van der Waals surface area contributed by atoms with Gasteiger partial charge in [0.2, 0.25) is 0 Å². The Hall–Kier alpha value is -1.06. The summed E-state index contributed by atoms with van der Waals surface area (Å²) in [5.74, 6) is 1.61. The summed E-state index contributed by atoms with van der Waals surface area (Å²) in [5, 5.41) is 2.54. The second-order valence-corrected chi connectivity index (χ2v) is 8.16. The molecule has 0 bridgehead atoms. The molecule has 0 unspecified atom stereocenters. The Bertz CT molecular complexity index is 531. The zero-order valence-corrected chi connectivity index (χ0v) is 15.8. The molecule has 1 saturated heterocycles. The van der Waals surface area contributed by atoms with Crippen LogP contribution in [0.4, 0.5) is 0 Å². The molecule has 0 atom stereocenters. The van der Waals surface area contributed by atoms with E-state index in [9.17, 15) is 4.79 Å². The highest BCUT2D eigenvalue weighted by molar-refractivity contribution is 6.30. The molecule has 3 nitrogen and oxygen atoms in total. The zero-order valence-electron chi connectivity index (χ0n) is 15.1. The van der Waals surface area contributed by atoms with Gasteiger partial charge in [-0.3, -0.25) is 0 Å². The van der Waals surface area contributed by atoms with Gasteiger partial charge in [-0.2, -0.15) is 0 Å². The van der Waals surface area contributed by atoms with Gasteiger partial charge in [0.05, 0.1) is 6.42 Å². The molecule has 1 aliphatic carbocycles. The number of hydroxylamine groups is 2. The van der Waals surface area contributed by atoms with Crippen LogP contribution < -0.4 is 0 Å². The largest absolute Gasteiger partial charge is 0.368 e. The molecule has 1 saturated carbocycles. The van der Waals surface area contributed by atoms with Crippen molar-refractivity contribution in [3.63, 3.8) is 0 Å². The summed E-state index contributed by atoms with van der Waals surface area (Å²) in [4.78, 5) is 17.6. The first kappa shape index (κ1) is 18.7. The summed E-state index contributed by atoms with van der Waals surface area (Å²) < 4.78 is 0. The third kappa shape index (κ3) is 6.31. The predicted molar refractivity (Wildman–Crippen MR) is 101 cm³/mol. The van der Waals surface area contributed by atoms with Gasteiger partial charge in [-0.1, -0.05) is 68.7 Å². The minimum absolute atomic E-state index is 0.178. The van der Waals surface area contributed by atoms with Crippen molar-refractivity contribution in [3.05, 3.63) is 34.9 Å². The molecule has 1 heterocycles. The highest BCUT2D eigenvalue weighted by Gasteiger charge is 2.23. The van der Waals surface area contributed by atoms with E-state index in [0.29, 0.717) is 11.4 Å². The molecule has 138 valence electrons. The minimum Gasteiger partial charge on any atom is -0.368 e. The van der Waals surface area contributed by atoms with Crippen LogP contribution in [0.15, 0.2) is 24.3 Å². The molecule has 2 fully saturated rings. The Morgan fingerprint density at radius 1 is 0.960 bits per heavy atom. The van der Waals surface area contributed by atoms with Crippen LogP contribution in [0.3, 0.4) is 0 Å². The van der Waals surface area contributed by atoms with E-state index in [4.69, 9.17) is 16.4 Å². The molecule has 1 aliphatic heterocycles. The topological polar surface area (TPSA) is 29.5 Å². The fourth-order valence-electron chi connectivity index (χ4n) is 4.18. The lowest BCUT2D eigenvalue weighted by atomic mass is 9.82. The second kappa shape index (κ2) is 9.59. The van der Waals surface area contributed by atoms with Crippen LogP contribution in [0, 0.1) is 11.8 Å². The van der Waals surface area contributed by atoms with Gasteiger partial charge < -0.3 is 4.84 Å². The van der Waals surface area contributed by atoms with Crippen molar-refractivity contribution in [2.45, 2.75) is 64.2 Å². The van der Waals surface area contributed by atoms with E-state index >= 15 is 0 Å². The SMILES string of the molecule is O=C(Cc1ccc(Cl)cc1)ON1CCC(CCC2CCCCC2)CC1. The van der Waals surface area contributed by atoms with Crippen molar-refractivity contribution in [3.8, 4) is 0 Å². The van der Waals surface area contributed by atoms with Gasteiger partial charge in [-0.15, -0.1) is 5.06 Å². The molecule has 4 heteroatoms. The summed E-state index contributed by atoms with van der Waals surface area (Å²) >= 11 is 5.87. The number of piperidine rings is 1. The Morgan fingerprint density at radius 3 is 2.20 bits per heavy atom. The fraction of sp³-hybridized carbons (Fsp3) is 0.667. The maximum atomic E-state index is 12.1. The van der Waals surface area contributed by atoms with Crippen LogP contribution >= 0.6 is 11.6 Å². The van der Waals surface area contributed by atoms with Crippen LogP contribution in [-0.2, 0) is 16.1 Å². The molecule has 0 amide bonds. The van der Waals surface area contributed by atoms with Crippen LogP contribution in [0.25, 0.3) is 0 Å². The van der Waals surface area contributed by atoms with E-state index in [1.54, 1.807) is 0 Å². The third-order valence-corrected chi connectivity index (χ3v) is 6.03. The smallest absolute Gasteiger partial charge is 0.329 e. The van der Waals surface area contributed by atoms with Crippen molar-refractivity contribution in [2.75, 3.05) is 13.1 Å². The molecule has 0 aromatic heterocycles. The van der Waals surface area contributed by atoms with Gasteiger partial charge in [0.15, 0.2) is 0 Å². The Labute approximate surface area is 156 Å². The molecule has 1 aromatic rings. The van der Waals surface area contributed by atoms with Crippen LogP contribution in [0.1, 0.15) is 63.4 Å². The first-order chi connectivity index (χ1) is 12.2. The molecular weight excluding hydrogens is 334 g/mol. The van der Waals surface area contributed by atoms with Gasteiger partial charge in [-0.25, -0.2) is 4.79 Å². The Kier molecular flexibility index (Phi) is 7.18. The quantitative estimate of drug-likeness (QED) is 0.676. The number of nitrogens with zero attached hydrogens (tertiary/aromatic N) is 1. The summed E-state index contributed by atoms with van der Waals surface area (Å²) in [6.07, 6.45) is 12.6. The lowest BCUT2D eigenvalue weighted by Gasteiger charge is -2.31. The van der Waals surface area contributed by atoms with E-state index in [0.717, 1.165) is 43.3 Å². The number of hydrogen-bond acceptors (Lipinski definition) is 3. The molecule has 1 aromatic carbocycles. The van der Waals surface area contributed by atoms with Crippen molar-refractivity contribution in [2.24, 2.45) is 11.8 Å². The van der Waals surface area contributed by atoms with Gasteiger partial charge in [0.25, 0.3) is 0 Å². The molecule has 0 N–H and O–H groups in total. The average molecular weight is 364 g/mol. The summed E-state index contributed by atoms with van der Waals surface area (Å²) in [6, 6.07) is 7.37. The molecule has 25 heavy (non-hydrogen) atoms. The van der Waals surface area contributed by atoms with Crippen molar-refractivity contribution < 1.29 is 9.63 Å². The van der Waals surface area contributed by atoms with E-state index in [-0.39, 0.29) is 5.97 Å². The van der Waals surface area contributed by atoms with Gasteiger partial charge in [0, 0.05) is 18.1 Å². The maximum Gasteiger partial charge on any atom is 0.329 e. The van der Waals surface area contributed by atoms with E-state index in [1.807, 2.05) is 29.3 Å².